The van der Waals surface area contributed by atoms with Gasteiger partial charge in [-0.05, 0) is 18.9 Å². The molecule has 1 saturated heterocycles. The molecule has 7 heteroatoms. The number of nitrogens with zero attached hydrogens (tertiary/aromatic N) is 3. The number of hydrogen-bond acceptors (Lipinski definition) is 4. The van der Waals surface area contributed by atoms with Crippen molar-refractivity contribution in [2.75, 3.05) is 19.7 Å². The highest BCUT2D eigenvalue weighted by atomic mass is 16.5. The Morgan fingerprint density at radius 1 is 1.52 bits per heavy atom. The molecule has 0 radical (unpaired) electrons. The number of amides is 1. The number of carboxylic acids is 1. The average Bonchev–Trinajstić information content (AvgIpc) is 2.91. The number of carbonyl (C=O) groups excluding carboxylic acids is 1. The highest BCUT2D eigenvalue weighted by Crippen LogP contribution is 2.17. The van der Waals surface area contributed by atoms with Crippen LogP contribution in [0.2, 0.25) is 0 Å². The van der Waals surface area contributed by atoms with Crippen LogP contribution in [0.15, 0.2) is 6.07 Å². The monoisotopic (exact) mass is 295 g/mol. The summed E-state index contributed by atoms with van der Waals surface area (Å²) in [5.41, 5.74) is 1.37. The molecule has 1 aliphatic heterocycles. The van der Waals surface area contributed by atoms with Crippen LogP contribution < -0.4 is 0 Å². The number of carbonyl (C=O) groups is 2. The molecule has 1 aliphatic rings. The van der Waals surface area contributed by atoms with Gasteiger partial charge in [-0.25, -0.2) is 4.79 Å². The van der Waals surface area contributed by atoms with Gasteiger partial charge in [0.25, 0.3) is 5.91 Å². The molecule has 0 unspecified atom stereocenters. The van der Waals surface area contributed by atoms with Crippen molar-refractivity contribution < 1.29 is 19.4 Å². The highest BCUT2D eigenvalue weighted by Gasteiger charge is 2.31. The van der Waals surface area contributed by atoms with Crippen LogP contribution in [-0.4, -0.2) is 57.5 Å². The van der Waals surface area contributed by atoms with Crippen molar-refractivity contribution in [3.63, 3.8) is 0 Å². The van der Waals surface area contributed by atoms with Gasteiger partial charge in [0.2, 0.25) is 0 Å². The summed E-state index contributed by atoms with van der Waals surface area (Å²) < 4.78 is 6.81. The molecular formula is C14H21N3O4. The molecule has 2 heterocycles. The van der Waals surface area contributed by atoms with Crippen LogP contribution in [0.3, 0.4) is 0 Å². The van der Waals surface area contributed by atoms with Crippen LogP contribution in [0, 0.1) is 0 Å². The summed E-state index contributed by atoms with van der Waals surface area (Å²) in [5.74, 6) is -0.994. The molecule has 0 saturated carbocycles. The maximum Gasteiger partial charge on any atom is 0.334 e. The summed E-state index contributed by atoms with van der Waals surface area (Å²) in [4.78, 5) is 25.1. The predicted molar refractivity (Wildman–Crippen MR) is 75.3 cm³/mol. The molecule has 1 aromatic heterocycles. The lowest BCUT2D eigenvalue weighted by Crippen LogP contribution is -2.48. The van der Waals surface area contributed by atoms with Crippen LogP contribution in [0.5, 0.6) is 0 Å². The third-order valence-corrected chi connectivity index (χ3v) is 3.54. The van der Waals surface area contributed by atoms with Gasteiger partial charge in [-0.15, -0.1) is 0 Å². The number of morpholine rings is 1. The van der Waals surface area contributed by atoms with Crippen LogP contribution in [0.4, 0.5) is 0 Å². The van der Waals surface area contributed by atoms with Crippen molar-refractivity contribution in [3.8, 4) is 0 Å². The Morgan fingerprint density at radius 3 is 2.81 bits per heavy atom. The molecule has 1 fully saturated rings. The topological polar surface area (TPSA) is 84.7 Å². The second-order valence-corrected chi connectivity index (χ2v) is 5.37. The fourth-order valence-electron chi connectivity index (χ4n) is 2.28. The first-order valence-corrected chi connectivity index (χ1v) is 7.15. The number of hydrogen-bond donors (Lipinski definition) is 1. The minimum absolute atomic E-state index is 0.0695. The summed E-state index contributed by atoms with van der Waals surface area (Å²) >= 11 is 0. The molecular weight excluding hydrogens is 274 g/mol. The molecule has 7 nitrogen and oxygen atoms in total. The third-order valence-electron chi connectivity index (χ3n) is 3.54. The maximum atomic E-state index is 12.6. The van der Waals surface area contributed by atoms with Gasteiger partial charge in [0.15, 0.2) is 6.10 Å². The van der Waals surface area contributed by atoms with E-state index in [-0.39, 0.29) is 25.0 Å². The lowest BCUT2D eigenvalue weighted by molar-refractivity contribution is -0.154. The van der Waals surface area contributed by atoms with Crippen molar-refractivity contribution in [2.24, 2.45) is 0 Å². The summed E-state index contributed by atoms with van der Waals surface area (Å²) in [7, 11) is 0. The van der Waals surface area contributed by atoms with Crippen molar-refractivity contribution in [1.29, 1.82) is 0 Å². The Morgan fingerprint density at radius 2 is 2.24 bits per heavy atom. The van der Waals surface area contributed by atoms with E-state index in [2.05, 4.69) is 5.10 Å². The van der Waals surface area contributed by atoms with E-state index >= 15 is 0 Å². The first-order chi connectivity index (χ1) is 9.93. The van der Waals surface area contributed by atoms with E-state index in [4.69, 9.17) is 9.84 Å². The van der Waals surface area contributed by atoms with Gasteiger partial charge < -0.3 is 14.7 Å². The Hall–Kier alpha value is -1.89. The first-order valence-electron chi connectivity index (χ1n) is 7.15. The van der Waals surface area contributed by atoms with Gasteiger partial charge in [-0.3, -0.25) is 9.48 Å². The second kappa shape index (κ2) is 6.26. The molecule has 2 rings (SSSR count). The summed E-state index contributed by atoms with van der Waals surface area (Å²) in [5, 5.41) is 13.4. The molecule has 1 aromatic rings. The summed E-state index contributed by atoms with van der Waals surface area (Å²) in [6, 6.07) is 1.79. The standard InChI is InChI=1S/C14H21N3O4/c1-4-17-11(7-10(15-17)9(2)3)13(18)16-5-6-21-12(8-16)14(19)20/h7,9,12H,4-6,8H2,1-3H3,(H,19,20)/t12-/m0/s1. The molecule has 1 N–H and O–H groups in total. The molecule has 116 valence electrons. The molecule has 0 bridgehead atoms. The number of carboxylic acid groups (broad SMARTS) is 1. The van der Waals surface area contributed by atoms with E-state index in [9.17, 15) is 9.59 Å². The number of aliphatic carboxylic acids is 1. The molecule has 1 amide bonds. The SMILES string of the molecule is CCn1nc(C(C)C)cc1C(=O)N1CCO[C@H](C(=O)O)C1. The van der Waals surface area contributed by atoms with Crippen molar-refractivity contribution in [3.05, 3.63) is 17.5 Å². The van der Waals surface area contributed by atoms with Gasteiger partial charge in [-0.2, -0.15) is 5.10 Å². The van der Waals surface area contributed by atoms with E-state index in [0.717, 1.165) is 5.69 Å². The normalized spacial score (nSPS) is 19.0. The zero-order valence-corrected chi connectivity index (χ0v) is 12.6. The molecule has 21 heavy (non-hydrogen) atoms. The van der Waals surface area contributed by atoms with Crippen LogP contribution in [0.1, 0.15) is 42.9 Å². The molecule has 0 aliphatic carbocycles. The number of ether oxygens (including phenoxy) is 1. The van der Waals surface area contributed by atoms with E-state index in [1.807, 2.05) is 20.8 Å². The second-order valence-electron chi connectivity index (χ2n) is 5.37. The van der Waals surface area contributed by atoms with Crippen molar-refractivity contribution in [2.45, 2.75) is 39.3 Å². The quantitative estimate of drug-likeness (QED) is 0.894. The van der Waals surface area contributed by atoms with E-state index in [1.165, 1.54) is 4.90 Å². The number of rotatable bonds is 4. The zero-order chi connectivity index (χ0) is 15.6. The smallest absolute Gasteiger partial charge is 0.334 e. The van der Waals surface area contributed by atoms with Gasteiger partial charge in [-0.1, -0.05) is 13.8 Å². The van der Waals surface area contributed by atoms with E-state index in [1.54, 1.807) is 10.7 Å². The minimum atomic E-state index is -1.04. The van der Waals surface area contributed by atoms with E-state index in [0.29, 0.717) is 18.8 Å². The average molecular weight is 295 g/mol. The van der Waals surface area contributed by atoms with Gasteiger partial charge in [0, 0.05) is 13.1 Å². The van der Waals surface area contributed by atoms with Gasteiger partial charge in [0.1, 0.15) is 5.69 Å². The minimum Gasteiger partial charge on any atom is -0.479 e. The zero-order valence-electron chi connectivity index (χ0n) is 12.6. The largest absolute Gasteiger partial charge is 0.479 e. The van der Waals surface area contributed by atoms with Crippen LogP contribution in [0.25, 0.3) is 0 Å². The Balaban J connectivity index is 2.21. The van der Waals surface area contributed by atoms with Gasteiger partial charge >= 0.3 is 5.97 Å². The summed E-state index contributed by atoms with van der Waals surface area (Å²) in [6.45, 7) is 7.26. The predicted octanol–water partition coefficient (Wildman–Crippen LogP) is 0.952. The van der Waals surface area contributed by atoms with Crippen LogP contribution in [-0.2, 0) is 16.1 Å². The molecule has 0 spiro atoms. The Bertz CT molecular complexity index is 538. The number of aryl methyl sites for hydroxylation is 1. The fourth-order valence-corrected chi connectivity index (χ4v) is 2.28. The third kappa shape index (κ3) is 3.24. The van der Waals surface area contributed by atoms with E-state index < -0.39 is 12.1 Å². The lowest BCUT2D eigenvalue weighted by Gasteiger charge is -2.30. The lowest BCUT2D eigenvalue weighted by atomic mass is 10.1. The van der Waals surface area contributed by atoms with Crippen molar-refractivity contribution in [1.82, 2.24) is 14.7 Å². The summed E-state index contributed by atoms with van der Waals surface area (Å²) in [6.07, 6.45) is -0.953. The fraction of sp³-hybridized carbons (Fsp3) is 0.643. The Labute approximate surface area is 123 Å². The van der Waals surface area contributed by atoms with Crippen LogP contribution >= 0.6 is 0 Å². The first kappa shape index (κ1) is 15.5. The Kier molecular flexibility index (Phi) is 4.62. The van der Waals surface area contributed by atoms with Gasteiger partial charge in [0.05, 0.1) is 18.8 Å². The maximum absolute atomic E-state index is 12.6. The van der Waals surface area contributed by atoms with Crippen molar-refractivity contribution >= 4 is 11.9 Å². The highest BCUT2D eigenvalue weighted by molar-refractivity contribution is 5.93. The molecule has 1 atom stereocenters. The molecule has 0 aromatic carbocycles. The number of aromatic nitrogens is 2.